The van der Waals surface area contributed by atoms with Crippen LogP contribution in [-0.4, -0.2) is 16.8 Å². The molecule has 5 N–H and O–H groups in total. The Hall–Kier alpha value is -2.73. The highest BCUT2D eigenvalue weighted by molar-refractivity contribution is 6.08. The SMILES string of the molecule is NCc1cc(C(=O)Nc2ccccc2C(N)=O)ccn1. The predicted octanol–water partition coefficient (Wildman–Crippen LogP) is 0.892. The van der Waals surface area contributed by atoms with Crippen LogP contribution in [0.2, 0.25) is 0 Å². The summed E-state index contributed by atoms with van der Waals surface area (Å²) in [5, 5.41) is 2.65. The van der Waals surface area contributed by atoms with Gasteiger partial charge < -0.3 is 16.8 Å². The molecule has 0 atom stereocenters. The van der Waals surface area contributed by atoms with Gasteiger partial charge in [-0.15, -0.1) is 0 Å². The highest BCUT2D eigenvalue weighted by Crippen LogP contribution is 2.15. The van der Waals surface area contributed by atoms with Crippen molar-refractivity contribution in [3.8, 4) is 0 Å². The number of amides is 2. The molecule has 0 aliphatic rings. The van der Waals surface area contributed by atoms with Crippen molar-refractivity contribution in [1.29, 1.82) is 0 Å². The number of carbonyl (C=O) groups is 2. The number of rotatable bonds is 4. The van der Waals surface area contributed by atoms with Crippen molar-refractivity contribution >= 4 is 17.5 Å². The normalized spacial score (nSPS) is 10.1. The quantitative estimate of drug-likeness (QED) is 0.766. The minimum absolute atomic E-state index is 0.249. The number of nitrogens with one attached hydrogen (secondary N) is 1. The minimum Gasteiger partial charge on any atom is -0.366 e. The molecule has 1 heterocycles. The molecule has 0 radical (unpaired) electrons. The number of anilines is 1. The van der Waals surface area contributed by atoms with Crippen LogP contribution in [0, 0.1) is 0 Å². The zero-order valence-electron chi connectivity index (χ0n) is 10.7. The van der Waals surface area contributed by atoms with Crippen LogP contribution >= 0.6 is 0 Å². The fourth-order valence-electron chi connectivity index (χ4n) is 1.73. The Morgan fingerprint density at radius 1 is 1.20 bits per heavy atom. The van der Waals surface area contributed by atoms with E-state index >= 15 is 0 Å². The summed E-state index contributed by atoms with van der Waals surface area (Å²) in [6.07, 6.45) is 1.51. The Kier molecular flexibility index (Phi) is 4.07. The molecule has 0 saturated carbocycles. The highest BCUT2D eigenvalue weighted by atomic mass is 16.2. The fourth-order valence-corrected chi connectivity index (χ4v) is 1.73. The van der Waals surface area contributed by atoms with E-state index in [9.17, 15) is 9.59 Å². The molecular formula is C14H14N4O2. The second-order valence-electron chi connectivity index (χ2n) is 4.10. The van der Waals surface area contributed by atoms with Gasteiger partial charge in [-0.3, -0.25) is 14.6 Å². The van der Waals surface area contributed by atoms with Crippen LogP contribution < -0.4 is 16.8 Å². The van der Waals surface area contributed by atoms with Gasteiger partial charge in [-0.25, -0.2) is 0 Å². The topological polar surface area (TPSA) is 111 Å². The van der Waals surface area contributed by atoms with Crippen molar-refractivity contribution in [2.75, 3.05) is 5.32 Å². The number of para-hydroxylation sites is 1. The molecule has 6 nitrogen and oxygen atoms in total. The maximum Gasteiger partial charge on any atom is 0.255 e. The van der Waals surface area contributed by atoms with Crippen LogP contribution in [0.1, 0.15) is 26.4 Å². The van der Waals surface area contributed by atoms with Gasteiger partial charge in [-0.2, -0.15) is 0 Å². The van der Waals surface area contributed by atoms with Crippen molar-refractivity contribution in [2.24, 2.45) is 11.5 Å². The van der Waals surface area contributed by atoms with E-state index in [2.05, 4.69) is 10.3 Å². The zero-order valence-corrected chi connectivity index (χ0v) is 10.7. The largest absolute Gasteiger partial charge is 0.366 e. The summed E-state index contributed by atoms with van der Waals surface area (Å²) < 4.78 is 0. The summed E-state index contributed by atoms with van der Waals surface area (Å²) in [7, 11) is 0. The smallest absolute Gasteiger partial charge is 0.255 e. The number of hydrogen-bond acceptors (Lipinski definition) is 4. The lowest BCUT2D eigenvalue weighted by atomic mass is 10.1. The van der Waals surface area contributed by atoms with Gasteiger partial charge in [0.05, 0.1) is 16.9 Å². The number of hydrogen-bond donors (Lipinski definition) is 3. The first-order chi connectivity index (χ1) is 9.61. The minimum atomic E-state index is -0.599. The number of carbonyl (C=O) groups excluding carboxylic acids is 2. The molecular weight excluding hydrogens is 256 g/mol. The van der Waals surface area contributed by atoms with Crippen molar-refractivity contribution < 1.29 is 9.59 Å². The Morgan fingerprint density at radius 3 is 2.65 bits per heavy atom. The summed E-state index contributed by atoms with van der Waals surface area (Å²) in [4.78, 5) is 27.4. The standard InChI is InChI=1S/C14H14N4O2/c15-8-10-7-9(5-6-17-10)14(20)18-12-4-2-1-3-11(12)13(16)19/h1-7H,8,15H2,(H2,16,19)(H,18,20). The summed E-state index contributed by atoms with van der Waals surface area (Å²) in [5.74, 6) is -0.950. The third-order valence-corrected chi connectivity index (χ3v) is 2.73. The van der Waals surface area contributed by atoms with Crippen LogP contribution in [0.4, 0.5) is 5.69 Å². The molecule has 20 heavy (non-hydrogen) atoms. The van der Waals surface area contributed by atoms with Crippen LogP contribution in [0.15, 0.2) is 42.6 Å². The molecule has 0 unspecified atom stereocenters. The predicted molar refractivity (Wildman–Crippen MR) is 75.0 cm³/mol. The van der Waals surface area contributed by atoms with Gasteiger partial charge in [-0.1, -0.05) is 12.1 Å². The molecule has 0 aliphatic carbocycles. The molecule has 0 fully saturated rings. The van der Waals surface area contributed by atoms with E-state index in [4.69, 9.17) is 11.5 Å². The fraction of sp³-hybridized carbons (Fsp3) is 0.0714. The van der Waals surface area contributed by atoms with Gasteiger partial charge in [0.25, 0.3) is 11.8 Å². The van der Waals surface area contributed by atoms with E-state index in [0.717, 1.165) is 0 Å². The lowest BCUT2D eigenvalue weighted by Crippen LogP contribution is -2.18. The third-order valence-electron chi connectivity index (χ3n) is 2.73. The summed E-state index contributed by atoms with van der Waals surface area (Å²) in [6, 6.07) is 9.72. The van der Waals surface area contributed by atoms with Gasteiger partial charge in [-0.05, 0) is 24.3 Å². The van der Waals surface area contributed by atoms with E-state index in [-0.39, 0.29) is 18.0 Å². The van der Waals surface area contributed by atoms with Crippen molar-refractivity contribution in [2.45, 2.75) is 6.54 Å². The van der Waals surface area contributed by atoms with E-state index in [1.54, 1.807) is 36.4 Å². The first kappa shape index (κ1) is 13.7. The summed E-state index contributed by atoms with van der Waals surface area (Å²) >= 11 is 0. The number of nitrogens with two attached hydrogens (primary N) is 2. The Morgan fingerprint density at radius 2 is 1.95 bits per heavy atom. The van der Waals surface area contributed by atoms with Gasteiger partial charge in [0.1, 0.15) is 0 Å². The van der Waals surface area contributed by atoms with Crippen LogP contribution in [0.5, 0.6) is 0 Å². The average molecular weight is 270 g/mol. The molecule has 0 bridgehead atoms. The molecule has 102 valence electrons. The summed E-state index contributed by atoms with van der Waals surface area (Å²) in [5.41, 5.74) is 12.4. The van der Waals surface area contributed by atoms with E-state index in [1.807, 2.05) is 0 Å². The number of aromatic nitrogens is 1. The van der Waals surface area contributed by atoms with Crippen LogP contribution in [0.25, 0.3) is 0 Å². The lowest BCUT2D eigenvalue weighted by Gasteiger charge is -2.09. The number of pyridine rings is 1. The Balaban J connectivity index is 2.25. The van der Waals surface area contributed by atoms with Gasteiger partial charge in [0.15, 0.2) is 0 Å². The first-order valence-corrected chi connectivity index (χ1v) is 5.97. The third kappa shape index (κ3) is 2.99. The number of primary amides is 1. The van der Waals surface area contributed by atoms with E-state index in [1.165, 1.54) is 6.20 Å². The monoisotopic (exact) mass is 270 g/mol. The second kappa shape index (κ2) is 5.94. The number of benzene rings is 1. The first-order valence-electron chi connectivity index (χ1n) is 5.97. The van der Waals surface area contributed by atoms with E-state index in [0.29, 0.717) is 16.9 Å². The van der Waals surface area contributed by atoms with E-state index < -0.39 is 5.91 Å². The highest BCUT2D eigenvalue weighted by Gasteiger charge is 2.12. The van der Waals surface area contributed by atoms with Crippen LogP contribution in [0.3, 0.4) is 0 Å². The maximum absolute atomic E-state index is 12.1. The van der Waals surface area contributed by atoms with Crippen molar-refractivity contribution in [3.63, 3.8) is 0 Å². The maximum atomic E-state index is 12.1. The Bertz CT molecular complexity index is 655. The van der Waals surface area contributed by atoms with Gasteiger partial charge in [0, 0.05) is 18.3 Å². The molecule has 0 aliphatic heterocycles. The van der Waals surface area contributed by atoms with Gasteiger partial charge in [0.2, 0.25) is 0 Å². The van der Waals surface area contributed by atoms with Crippen LogP contribution in [-0.2, 0) is 6.54 Å². The van der Waals surface area contributed by atoms with Gasteiger partial charge >= 0.3 is 0 Å². The molecule has 2 rings (SSSR count). The molecule has 2 aromatic rings. The molecule has 0 spiro atoms. The molecule has 1 aromatic carbocycles. The average Bonchev–Trinajstić information content (AvgIpc) is 2.47. The number of nitrogens with zero attached hydrogens (tertiary/aromatic N) is 1. The molecule has 2 amide bonds. The molecule has 0 saturated heterocycles. The van der Waals surface area contributed by atoms with Crippen molar-refractivity contribution in [3.05, 3.63) is 59.4 Å². The second-order valence-corrected chi connectivity index (χ2v) is 4.10. The lowest BCUT2D eigenvalue weighted by molar-refractivity contribution is 0.100. The zero-order chi connectivity index (χ0) is 14.5. The molecule has 6 heteroatoms. The van der Waals surface area contributed by atoms with Crippen molar-refractivity contribution in [1.82, 2.24) is 4.98 Å². The molecule has 1 aromatic heterocycles. The Labute approximate surface area is 115 Å². The summed E-state index contributed by atoms with van der Waals surface area (Å²) in [6.45, 7) is 0.249.